The van der Waals surface area contributed by atoms with Gasteiger partial charge in [-0.3, -0.25) is 4.79 Å². The molecule has 0 saturated carbocycles. The average molecular weight is 275 g/mol. The van der Waals surface area contributed by atoms with Crippen molar-refractivity contribution in [3.63, 3.8) is 0 Å². The number of thioether (sulfide) groups is 1. The van der Waals surface area contributed by atoms with Crippen LogP contribution in [0.5, 0.6) is 0 Å². The fraction of sp³-hybridized carbons (Fsp3) is 0.533. The highest BCUT2D eigenvalue weighted by molar-refractivity contribution is 7.98. The SMILES string of the molecule is [11CH3]Sc1ccc(C(=O)NC2CN3CCC2CC3)cc1. The molecule has 3 saturated heterocycles. The lowest BCUT2D eigenvalue weighted by atomic mass is 9.84. The maximum absolute atomic E-state index is 12.3. The topological polar surface area (TPSA) is 32.3 Å². The molecule has 3 nitrogen and oxygen atoms in total. The van der Waals surface area contributed by atoms with Crippen LogP contribution in [0.2, 0.25) is 0 Å². The monoisotopic (exact) mass is 275 g/mol. The molecule has 3 aliphatic heterocycles. The van der Waals surface area contributed by atoms with Crippen molar-refractivity contribution in [2.45, 2.75) is 23.8 Å². The van der Waals surface area contributed by atoms with Gasteiger partial charge in [0.15, 0.2) is 0 Å². The highest BCUT2D eigenvalue weighted by Crippen LogP contribution is 2.27. The van der Waals surface area contributed by atoms with Crippen molar-refractivity contribution in [2.24, 2.45) is 5.92 Å². The summed E-state index contributed by atoms with van der Waals surface area (Å²) in [4.78, 5) is 15.9. The average Bonchev–Trinajstić information content (AvgIpc) is 2.48. The van der Waals surface area contributed by atoms with Gasteiger partial charge in [-0.05, 0) is 62.4 Å². The molecule has 0 aliphatic carbocycles. The van der Waals surface area contributed by atoms with Crippen LogP contribution in [0.4, 0.5) is 0 Å². The Morgan fingerprint density at radius 2 is 1.95 bits per heavy atom. The number of amides is 1. The highest BCUT2D eigenvalue weighted by Gasteiger charge is 2.34. The third kappa shape index (κ3) is 2.79. The van der Waals surface area contributed by atoms with Crippen LogP contribution >= 0.6 is 11.8 Å². The van der Waals surface area contributed by atoms with E-state index in [1.54, 1.807) is 11.8 Å². The van der Waals surface area contributed by atoms with Crippen molar-refractivity contribution in [1.29, 1.82) is 0 Å². The molecule has 3 fully saturated rings. The van der Waals surface area contributed by atoms with E-state index in [1.165, 1.54) is 30.8 Å². The maximum Gasteiger partial charge on any atom is 0.251 e. The second-order valence-electron chi connectivity index (χ2n) is 5.45. The molecule has 0 spiro atoms. The molecule has 2 bridgehead atoms. The number of hydrogen-bond donors (Lipinski definition) is 1. The number of benzene rings is 1. The van der Waals surface area contributed by atoms with Crippen molar-refractivity contribution in [3.8, 4) is 0 Å². The third-order valence-electron chi connectivity index (χ3n) is 4.32. The minimum atomic E-state index is 0.0754. The van der Waals surface area contributed by atoms with Crippen LogP contribution < -0.4 is 5.32 Å². The zero-order valence-corrected chi connectivity index (χ0v) is 12.1. The first-order valence-corrected chi connectivity index (χ1v) is 8.16. The summed E-state index contributed by atoms with van der Waals surface area (Å²) in [6.07, 6.45) is 4.51. The predicted octanol–water partition coefficient (Wildman–Crippen LogP) is 2.23. The van der Waals surface area contributed by atoms with Gasteiger partial charge in [-0.25, -0.2) is 0 Å². The van der Waals surface area contributed by atoms with E-state index in [-0.39, 0.29) is 5.91 Å². The summed E-state index contributed by atoms with van der Waals surface area (Å²) in [6.45, 7) is 3.44. The molecular weight excluding hydrogens is 255 g/mol. The van der Waals surface area contributed by atoms with Gasteiger partial charge >= 0.3 is 0 Å². The van der Waals surface area contributed by atoms with E-state index in [0.29, 0.717) is 12.0 Å². The van der Waals surface area contributed by atoms with Crippen LogP contribution in [0.15, 0.2) is 29.2 Å². The first-order chi connectivity index (χ1) is 9.26. The molecule has 1 atom stereocenters. The zero-order chi connectivity index (χ0) is 13.2. The van der Waals surface area contributed by atoms with E-state index in [9.17, 15) is 4.79 Å². The number of piperidine rings is 3. The lowest BCUT2D eigenvalue weighted by Gasteiger charge is -2.44. The lowest BCUT2D eigenvalue weighted by molar-refractivity contribution is 0.0620. The van der Waals surface area contributed by atoms with Gasteiger partial charge in [-0.2, -0.15) is 0 Å². The van der Waals surface area contributed by atoms with Crippen LogP contribution in [0.3, 0.4) is 0 Å². The largest absolute Gasteiger partial charge is 0.348 e. The van der Waals surface area contributed by atoms with Gasteiger partial charge in [-0.15, -0.1) is 11.8 Å². The summed E-state index contributed by atoms with van der Waals surface area (Å²) in [5.74, 6) is 0.755. The van der Waals surface area contributed by atoms with Crippen molar-refractivity contribution >= 4 is 17.7 Å². The molecule has 3 aliphatic rings. The molecule has 0 radical (unpaired) electrons. The molecule has 102 valence electrons. The van der Waals surface area contributed by atoms with Gasteiger partial charge in [-0.1, -0.05) is 0 Å². The number of rotatable bonds is 3. The molecule has 0 aromatic heterocycles. The molecule has 19 heavy (non-hydrogen) atoms. The Bertz CT molecular complexity index is 452. The molecule has 4 heteroatoms. The van der Waals surface area contributed by atoms with E-state index in [4.69, 9.17) is 0 Å². The summed E-state index contributed by atoms with van der Waals surface area (Å²) < 4.78 is 0. The van der Waals surface area contributed by atoms with E-state index >= 15 is 0 Å². The van der Waals surface area contributed by atoms with E-state index < -0.39 is 0 Å². The summed E-state index contributed by atoms with van der Waals surface area (Å²) in [6, 6.07) is 8.20. The summed E-state index contributed by atoms with van der Waals surface area (Å²) >= 11 is 1.70. The van der Waals surface area contributed by atoms with Crippen LogP contribution in [0.25, 0.3) is 0 Å². The summed E-state index contributed by atoms with van der Waals surface area (Å²) in [7, 11) is 0. The Morgan fingerprint density at radius 3 is 2.47 bits per heavy atom. The molecule has 1 unspecified atom stereocenters. The van der Waals surface area contributed by atoms with Crippen molar-refractivity contribution in [3.05, 3.63) is 29.8 Å². The molecule has 1 aromatic carbocycles. The van der Waals surface area contributed by atoms with Gasteiger partial charge in [0.2, 0.25) is 0 Å². The van der Waals surface area contributed by atoms with Gasteiger partial charge < -0.3 is 10.2 Å². The molecule has 4 rings (SSSR count). The van der Waals surface area contributed by atoms with Crippen molar-refractivity contribution in [2.75, 3.05) is 25.9 Å². The molecule has 1 N–H and O–H groups in total. The Balaban J connectivity index is 1.64. The predicted molar refractivity (Wildman–Crippen MR) is 78.6 cm³/mol. The number of hydrogen-bond acceptors (Lipinski definition) is 3. The Morgan fingerprint density at radius 1 is 1.26 bits per heavy atom. The highest BCUT2D eigenvalue weighted by atomic mass is 32.2. The summed E-state index contributed by atoms with van der Waals surface area (Å²) in [5, 5.41) is 3.22. The van der Waals surface area contributed by atoms with Crippen molar-refractivity contribution in [1.82, 2.24) is 10.2 Å². The lowest BCUT2D eigenvalue weighted by Crippen LogP contribution is -2.57. The van der Waals surface area contributed by atoms with E-state index in [2.05, 4.69) is 10.2 Å². The van der Waals surface area contributed by atoms with E-state index in [0.717, 1.165) is 12.1 Å². The fourth-order valence-corrected chi connectivity index (χ4v) is 3.53. The van der Waals surface area contributed by atoms with Crippen LogP contribution in [0.1, 0.15) is 23.2 Å². The molecular formula is C15H20N2OS. The quantitative estimate of drug-likeness (QED) is 0.859. The number of nitrogens with one attached hydrogen (secondary N) is 1. The smallest absolute Gasteiger partial charge is 0.251 e. The van der Waals surface area contributed by atoms with Gasteiger partial charge in [0, 0.05) is 23.0 Å². The van der Waals surface area contributed by atoms with Crippen LogP contribution in [-0.4, -0.2) is 42.7 Å². The Kier molecular flexibility index (Phi) is 3.80. The van der Waals surface area contributed by atoms with Gasteiger partial charge in [0.1, 0.15) is 0 Å². The van der Waals surface area contributed by atoms with Crippen LogP contribution in [0, 0.1) is 5.92 Å². The third-order valence-corrected chi connectivity index (χ3v) is 5.07. The summed E-state index contributed by atoms with van der Waals surface area (Å²) in [5.41, 5.74) is 0.772. The minimum absolute atomic E-state index is 0.0754. The number of carbonyl (C=O) groups is 1. The Labute approximate surface area is 118 Å². The molecule has 1 amide bonds. The number of nitrogens with zero attached hydrogens (tertiary/aromatic N) is 1. The first-order valence-electron chi connectivity index (χ1n) is 6.93. The maximum atomic E-state index is 12.3. The second kappa shape index (κ2) is 5.55. The van der Waals surface area contributed by atoms with Gasteiger partial charge in [0.25, 0.3) is 5.91 Å². The van der Waals surface area contributed by atoms with Crippen LogP contribution in [-0.2, 0) is 0 Å². The normalized spacial score (nSPS) is 29.2. The van der Waals surface area contributed by atoms with Crippen molar-refractivity contribution < 1.29 is 4.79 Å². The zero-order valence-electron chi connectivity index (χ0n) is 11.3. The Hall–Kier alpha value is -1.00. The van der Waals surface area contributed by atoms with Gasteiger partial charge in [0.05, 0.1) is 0 Å². The molecule has 3 heterocycles. The second-order valence-corrected chi connectivity index (χ2v) is 6.33. The minimum Gasteiger partial charge on any atom is -0.348 e. The molecule has 1 aromatic rings. The standard InChI is InChI=1S/C15H20N2OS/c1-19-13-4-2-12(3-5-13)15(18)16-14-10-17-8-6-11(14)7-9-17/h2-5,11,14H,6-10H2,1H3,(H,16,18)/i1-1. The first kappa shape index (κ1) is 13.0. The number of fused-ring (bicyclic) bond motifs is 3. The fourth-order valence-electron chi connectivity index (χ4n) is 3.12. The van der Waals surface area contributed by atoms with E-state index in [1.807, 2.05) is 30.5 Å². The number of carbonyl (C=O) groups excluding carboxylic acids is 1.